The van der Waals surface area contributed by atoms with Crippen molar-refractivity contribution in [3.8, 4) is 17.2 Å². The van der Waals surface area contributed by atoms with E-state index in [9.17, 15) is 19.5 Å². The second-order valence-corrected chi connectivity index (χ2v) is 9.60. The number of hydrogen-bond donors (Lipinski definition) is 1. The lowest BCUT2D eigenvalue weighted by atomic mass is 9.82. The van der Waals surface area contributed by atoms with E-state index >= 15 is 0 Å². The number of benzene rings is 3. The van der Waals surface area contributed by atoms with E-state index in [4.69, 9.17) is 14.2 Å². The van der Waals surface area contributed by atoms with E-state index in [1.165, 1.54) is 4.90 Å². The monoisotopic (exact) mass is 514 g/mol. The third kappa shape index (κ3) is 3.95. The molecule has 3 aliphatic heterocycles. The van der Waals surface area contributed by atoms with Crippen LogP contribution in [0.1, 0.15) is 43.8 Å². The van der Waals surface area contributed by atoms with Gasteiger partial charge in [-0.3, -0.25) is 24.2 Å². The summed E-state index contributed by atoms with van der Waals surface area (Å²) in [6, 6.07) is 19.2. The summed E-state index contributed by atoms with van der Waals surface area (Å²) in [6.07, 6.45) is 0. The molecule has 0 saturated carbocycles. The van der Waals surface area contributed by atoms with E-state index in [1.807, 2.05) is 36.4 Å². The van der Waals surface area contributed by atoms with Crippen molar-refractivity contribution >= 4 is 17.8 Å². The molecule has 3 aromatic carbocycles. The van der Waals surface area contributed by atoms with Crippen LogP contribution in [-0.2, 0) is 4.79 Å². The van der Waals surface area contributed by atoms with E-state index in [-0.39, 0.29) is 31.1 Å². The molecule has 0 aromatic heterocycles. The number of rotatable bonds is 7. The van der Waals surface area contributed by atoms with Gasteiger partial charge in [0.25, 0.3) is 11.8 Å². The highest BCUT2D eigenvalue weighted by Gasteiger charge is 2.48. The number of carboxylic acid groups (broad SMARTS) is 1. The lowest BCUT2D eigenvalue weighted by Gasteiger charge is -2.28. The van der Waals surface area contributed by atoms with Crippen molar-refractivity contribution in [3.63, 3.8) is 0 Å². The molecule has 194 valence electrons. The van der Waals surface area contributed by atoms with E-state index < -0.39 is 17.9 Å². The fourth-order valence-electron chi connectivity index (χ4n) is 5.81. The molecule has 0 radical (unpaired) electrons. The summed E-state index contributed by atoms with van der Waals surface area (Å²) >= 11 is 0. The molecule has 1 fully saturated rings. The number of carboxylic acids is 1. The summed E-state index contributed by atoms with van der Waals surface area (Å²) in [6.45, 7) is 1.04. The minimum Gasteiger partial charge on any atom is -0.497 e. The molecule has 1 N–H and O–H groups in total. The number of hydrogen-bond acceptors (Lipinski definition) is 7. The maximum atomic E-state index is 13.0. The minimum atomic E-state index is -0.920. The molecule has 3 aliphatic rings. The molecule has 3 unspecified atom stereocenters. The molecule has 9 heteroatoms. The van der Waals surface area contributed by atoms with Crippen LogP contribution < -0.4 is 14.2 Å². The van der Waals surface area contributed by atoms with Crippen molar-refractivity contribution in [2.45, 2.75) is 12.0 Å². The number of amides is 2. The molecule has 3 atom stereocenters. The fraction of sp³-hybridized carbons (Fsp3) is 0.276. The molecule has 1 saturated heterocycles. The van der Waals surface area contributed by atoms with E-state index in [0.717, 1.165) is 11.1 Å². The van der Waals surface area contributed by atoms with Crippen LogP contribution in [0.5, 0.6) is 17.2 Å². The number of methoxy groups -OCH3 is 1. The minimum absolute atomic E-state index is 0.132. The van der Waals surface area contributed by atoms with Gasteiger partial charge in [-0.1, -0.05) is 30.3 Å². The molecule has 3 aromatic rings. The first-order chi connectivity index (χ1) is 18.5. The lowest BCUT2D eigenvalue weighted by molar-refractivity contribution is -0.143. The molecule has 0 aliphatic carbocycles. The average molecular weight is 515 g/mol. The molecule has 3 heterocycles. The Morgan fingerprint density at radius 3 is 2.24 bits per heavy atom. The van der Waals surface area contributed by atoms with Crippen LogP contribution in [0.25, 0.3) is 0 Å². The van der Waals surface area contributed by atoms with Crippen LogP contribution in [0.15, 0.2) is 66.7 Å². The van der Waals surface area contributed by atoms with Crippen LogP contribution >= 0.6 is 0 Å². The van der Waals surface area contributed by atoms with Gasteiger partial charge in [0, 0.05) is 31.6 Å². The summed E-state index contributed by atoms with van der Waals surface area (Å²) < 4.78 is 16.3. The Kier molecular flexibility index (Phi) is 6.00. The number of ether oxygens (including phenoxy) is 3. The third-order valence-electron chi connectivity index (χ3n) is 7.65. The highest BCUT2D eigenvalue weighted by atomic mass is 16.7. The summed E-state index contributed by atoms with van der Waals surface area (Å²) in [4.78, 5) is 42.0. The Bertz CT molecular complexity index is 1390. The van der Waals surface area contributed by atoms with Crippen LogP contribution in [0, 0.1) is 5.92 Å². The second-order valence-electron chi connectivity index (χ2n) is 9.60. The zero-order valence-electron chi connectivity index (χ0n) is 20.7. The van der Waals surface area contributed by atoms with Gasteiger partial charge in [-0.25, -0.2) is 0 Å². The predicted molar refractivity (Wildman–Crippen MR) is 136 cm³/mol. The van der Waals surface area contributed by atoms with Gasteiger partial charge >= 0.3 is 5.97 Å². The number of imide groups is 1. The molecular weight excluding hydrogens is 488 g/mol. The van der Waals surface area contributed by atoms with Gasteiger partial charge in [-0.05, 0) is 47.5 Å². The van der Waals surface area contributed by atoms with Gasteiger partial charge in [0.2, 0.25) is 6.79 Å². The quantitative estimate of drug-likeness (QED) is 0.477. The average Bonchev–Trinajstić information content (AvgIpc) is 3.62. The first kappa shape index (κ1) is 24.0. The number of likely N-dealkylation sites (tertiary alicyclic amines) is 1. The molecule has 9 nitrogen and oxygen atoms in total. The highest BCUT2D eigenvalue weighted by molar-refractivity contribution is 6.21. The van der Waals surface area contributed by atoms with Crippen LogP contribution in [0.4, 0.5) is 0 Å². The van der Waals surface area contributed by atoms with Crippen molar-refractivity contribution in [1.29, 1.82) is 0 Å². The predicted octanol–water partition coefficient (Wildman–Crippen LogP) is 3.56. The van der Waals surface area contributed by atoms with Gasteiger partial charge in [0.15, 0.2) is 11.5 Å². The number of carbonyl (C=O) groups is 3. The van der Waals surface area contributed by atoms with Crippen molar-refractivity contribution in [3.05, 3.63) is 89.0 Å². The lowest BCUT2D eigenvalue weighted by Crippen LogP contribution is -2.39. The summed E-state index contributed by atoms with van der Waals surface area (Å²) in [5, 5.41) is 10.4. The maximum absolute atomic E-state index is 13.0. The maximum Gasteiger partial charge on any atom is 0.309 e. The standard InChI is InChI=1S/C29H26N2O7/c1-36-19-9-6-17(7-10-19)26-25(29(34)35)22(18-8-11-23-24(14-18)38-16-37-23)15-30(26)12-13-31-27(32)20-4-2-3-5-21(20)28(31)33/h2-11,14,22,25-26H,12-13,15-16H2,1H3,(H,34,35). The number of nitrogens with zero attached hydrogens (tertiary/aromatic N) is 2. The van der Waals surface area contributed by atoms with Gasteiger partial charge in [-0.15, -0.1) is 0 Å². The number of fused-ring (bicyclic) bond motifs is 2. The van der Waals surface area contributed by atoms with E-state index in [0.29, 0.717) is 41.5 Å². The summed E-state index contributed by atoms with van der Waals surface area (Å²) in [7, 11) is 1.58. The van der Waals surface area contributed by atoms with Crippen LogP contribution in [0.2, 0.25) is 0 Å². The molecule has 2 amide bonds. The summed E-state index contributed by atoms with van der Waals surface area (Å²) in [5.41, 5.74) is 2.45. The Morgan fingerprint density at radius 2 is 1.58 bits per heavy atom. The molecular formula is C29H26N2O7. The SMILES string of the molecule is COc1ccc(C2C(C(=O)O)C(c3ccc4c(c3)OCO4)CN2CCN2C(=O)c3ccccc3C2=O)cc1. The van der Waals surface area contributed by atoms with Crippen LogP contribution in [0.3, 0.4) is 0 Å². The van der Waals surface area contributed by atoms with Crippen molar-refractivity contribution < 1.29 is 33.7 Å². The van der Waals surface area contributed by atoms with E-state index in [2.05, 4.69) is 4.90 Å². The molecule has 6 rings (SSSR count). The molecule has 38 heavy (non-hydrogen) atoms. The first-order valence-electron chi connectivity index (χ1n) is 12.4. The van der Waals surface area contributed by atoms with Crippen molar-refractivity contribution in [1.82, 2.24) is 9.80 Å². The van der Waals surface area contributed by atoms with Gasteiger partial charge in [0.05, 0.1) is 24.2 Å². The van der Waals surface area contributed by atoms with Gasteiger partial charge in [0.1, 0.15) is 5.75 Å². The highest BCUT2D eigenvalue weighted by Crippen LogP contribution is 2.47. The topological polar surface area (TPSA) is 106 Å². The zero-order valence-corrected chi connectivity index (χ0v) is 20.7. The first-order valence-corrected chi connectivity index (χ1v) is 12.4. The molecule has 0 bridgehead atoms. The third-order valence-corrected chi connectivity index (χ3v) is 7.65. The molecule has 0 spiro atoms. The van der Waals surface area contributed by atoms with E-state index in [1.54, 1.807) is 37.4 Å². The Morgan fingerprint density at radius 1 is 0.921 bits per heavy atom. The fourth-order valence-corrected chi connectivity index (χ4v) is 5.81. The van der Waals surface area contributed by atoms with Crippen molar-refractivity contribution in [2.75, 3.05) is 33.5 Å². The number of carbonyl (C=O) groups excluding carboxylic acids is 2. The normalized spacial score (nSPS) is 22.1. The Hall–Kier alpha value is -4.37. The van der Waals surface area contributed by atoms with Gasteiger partial charge in [-0.2, -0.15) is 0 Å². The zero-order chi connectivity index (χ0) is 26.4. The Balaban J connectivity index is 1.32. The van der Waals surface area contributed by atoms with Crippen molar-refractivity contribution in [2.24, 2.45) is 5.92 Å². The summed E-state index contributed by atoms with van der Waals surface area (Å²) in [5.74, 6) is -0.798. The van der Waals surface area contributed by atoms with Crippen LogP contribution in [-0.4, -0.2) is 66.2 Å². The Labute approximate surface area is 219 Å². The smallest absolute Gasteiger partial charge is 0.309 e. The van der Waals surface area contributed by atoms with Gasteiger partial charge < -0.3 is 19.3 Å². The largest absolute Gasteiger partial charge is 0.497 e. The number of aliphatic carboxylic acids is 1. The second kappa shape index (κ2) is 9.50.